The van der Waals surface area contributed by atoms with E-state index in [2.05, 4.69) is 19.9 Å². The maximum Gasteiger partial charge on any atom is 0.309 e. The first kappa shape index (κ1) is 19.3. The largest absolute Gasteiger partial charge is 0.462 e. The summed E-state index contributed by atoms with van der Waals surface area (Å²) in [6.07, 6.45) is 14.0. The lowest BCUT2D eigenvalue weighted by molar-refractivity contribution is -0.157. The lowest BCUT2D eigenvalue weighted by Crippen LogP contribution is -2.33. The second kappa shape index (κ2) is 9.44. The number of hydrogen-bond donors (Lipinski definition) is 0. The summed E-state index contributed by atoms with van der Waals surface area (Å²) in [6.45, 7) is 4.38. The summed E-state index contributed by atoms with van der Waals surface area (Å²) >= 11 is 0. The Kier molecular flexibility index (Phi) is 7.59. The molecule has 136 valence electrons. The van der Waals surface area contributed by atoms with Crippen LogP contribution in [0.3, 0.4) is 0 Å². The smallest absolute Gasteiger partial charge is 0.309 e. The molecule has 2 aliphatic carbocycles. The third-order valence-electron chi connectivity index (χ3n) is 6.28. The minimum Gasteiger partial charge on any atom is -0.462 e. The number of rotatable bonds is 7. The van der Waals surface area contributed by atoms with Crippen molar-refractivity contribution >= 4 is 5.97 Å². The minimum absolute atomic E-state index is 0.00930. The summed E-state index contributed by atoms with van der Waals surface area (Å²) in [6, 6.07) is 2.53. The van der Waals surface area contributed by atoms with Crippen molar-refractivity contribution in [2.24, 2.45) is 17.3 Å². The third-order valence-corrected chi connectivity index (χ3v) is 6.28. The maximum absolute atomic E-state index is 12.5. The van der Waals surface area contributed by atoms with Gasteiger partial charge in [-0.3, -0.25) is 4.79 Å². The summed E-state index contributed by atoms with van der Waals surface area (Å²) < 4.78 is 5.82. The highest BCUT2D eigenvalue weighted by Crippen LogP contribution is 2.42. The second-order valence-electron chi connectivity index (χ2n) is 8.14. The summed E-state index contributed by atoms with van der Waals surface area (Å²) in [4.78, 5) is 12.5. The van der Waals surface area contributed by atoms with Gasteiger partial charge in [0.05, 0.1) is 17.4 Å². The number of carbonyl (C=O) groups is 1. The number of hydrogen-bond acceptors (Lipinski definition) is 3. The van der Waals surface area contributed by atoms with Crippen molar-refractivity contribution in [1.29, 1.82) is 5.26 Å². The number of nitriles is 1. The molecule has 3 heteroatoms. The van der Waals surface area contributed by atoms with Crippen molar-refractivity contribution < 1.29 is 9.53 Å². The molecule has 0 amide bonds. The Hall–Kier alpha value is -1.04. The molecule has 0 heterocycles. The molecule has 3 nitrogen and oxygen atoms in total. The van der Waals surface area contributed by atoms with Crippen LogP contribution in [-0.2, 0) is 9.53 Å². The summed E-state index contributed by atoms with van der Waals surface area (Å²) in [5, 5.41) is 9.48. The van der Waals surface area contributed by atoms with Crippen molar-refractivity contribution in [3.8, 4) is 6.07 Å². The van der Waals surface area contributed by atoms with Crippen molar-refractivity contribution in [2.75, 3.05) is 0 Å². The molecule has 0 radical (unpaired) electrons. The molecule has 0 N–H and O–H groups in total. The van der Waals surface area contributed by atoms with E-state index in [-0.39, 0.29) is 23.4 Å². The Morgan fingerprint density at radius 1 is 1.08 bits per heavy atom. The van der Waals surface area contributed by atoms with Crippen LogP contribution in [0.4, 0.5) is 0 Å². The minimum atomic E-state index is -0.178. The van der Waals surface area contributed by atoms with Crippen LogP contribution in [0.15, 0.2) is 0 Å². The molecule has 2 fully saturated rings. The molecular weight excluding hydrogens is 298 g/mol. The fourth-order valence-electron chi connectivity index (χ4n) is 4.59. The van der Waals surface area contributed by atoms with Gasteiger partial charge in [-0.25, -0.2) is 0 Å². The maximum atomic E-state index is 12.5. The zero-order valence-electron chi connectivity index (χ0n) is 15.7. The third kappa shape index (κ3) is 5.23. The molecule has 0 aliphatic heterocycles. The predicted octanol–water partition coefficient (Wildman–Crippen LogP) is 5.78. The van der Waals surface area contributed by atoms with E-state index < -0.39 is 0 Å². The van der Waals surface area contributed by atoms with E-state index in [1.807, 2.05) is 0 Å². The summed E-state index contributed by atoms with van der Waals surface area (Å²) in [7, 11) is 0. The van der Waals surface area contributed by atoms with Gasteiger partial charge in [0.15, 0.2) is 0 Å². The highest BCUT2D eigenvalue weighted by atomic mass is 16.5. The number of esters is 1. The van der Waals surface area contributed by atoms with E-state index in [1.54, 1.807) is 0 Å². The van der Waals surface area contributed by atoms with Gasteiger partial charge in [0, 0.05) is 0 Å². The summed E-state index contributed by atoms with van der Waals surface area (Å²) in [5.41, 5.74) is -0.178. The highest BCUT2D eigenvalue weighted by Gasteiger charge is 2.38. The molecule has 0 aromatic rings. The van der Waals surface area contributed by atoms with E-state index in [9.17, 15) is 10.1 Å². The van der Waals surface area contributed by atoms with E-state index >= 15 is 0 Å². The SMILES string of the molecule is CCCCC1CCC(OC(=O)C2CCC(C#N)(CCC)CC2)CC1. The van der Waals surface area contributed by atoms with Crippen molar-refractivity contribution in [2.45, 2.75) is 103 Å². The summed E-state index contributed by atoms with van der Waals surface area (Å²) in [5.74, 6) is 0.885. The van der Waals surface area contributed by atoms with Crippen LogP contribution < -0.4 is 0 Å². The molecule has 2 aliphatic rings. The molecule has 0 spiro atoms. The Labute approximate surface area is 148 Å². The number of unbranched alkanes of at least 4 members (excludes halogenated alkanes) is 1. The van der Waals surface area contributed by atoms with Gasteiger partial charge in [-0.15, -0.1) is 0 Å². The second-order valence-corrected chi connectivity index (χ2v) is 8.14. The van der Waals surface area contributed by atoms with Crippen LogP contribution in [0.1, 0.15) is 97.3 Å². The molecular formula is C21H35NO2. The zero-order valence-corrected chi connectivity index (χ0v) is 15.7. The quantitative estimate of drug-likeness (QED) is 0.555. The Morgan fingerprint density at radius 3 is 2.29 bits per heavy atom. The van der Waals surface area contributed by atoms with Crippen LogP contribution >= 0.6 is 0 Å². The number of ether oxygens (including phenoxy) is 1. The van der Waals surface area contributed by atoms with E-state index in [0.717, 1.165) is 57.3 Å². The zero-order chi connectivity index (χ0) is 17.4. The Balaban J connectivity index is 1.72. The van der Waals surface area contributed by atoms with Crippen LogP contribution in [-0.4, -0.2) is 12.1 Å². The molecule has 0 atom stereocenters. The van der Waals surface area contributed by atoms with E-state index in [0.29, 0.717) is 0 Å². The lowest BCUT2D eigenvalue weighted by atomic mass is 9.69. The number of nitrogens with zero attached hydrogens (tertiary/aromatic N) is 1. The van der Waals surface area contributed by atoms with E-state index in [1.165, 1.54) is 32.1 Å². The molecule has 0 bridgehead atoms. The van der Waals surface area contributed by atoms with Gasteiger partial charge in [0.1, 0.15) is 6.10 Å². The molecule has 0 unspecified atom stereocenters. The van der Waals surface area contributed by atoms with Crippen molar-refractivity contribution in [1.82, 2.24) is 0 Å². The first-order chi connectivity index (χ1) is 11.6. The van der Waals surface area contributed by atoms with Crippen molar-refractivity contribution in [3.05, 3.63) is 0 Å². The Bertz CT molecular complexity index is 424. The predicted molar refractivity (Wildman–Crippen MR) is 96.3 cm³/mol. The molecule has 2 saturated carbocycles. The monoisotopic (exact) mass is 333 g/mol. The molecule has 24 heavy (non-hydrogen) atoms. The first-order valence-corrected chi connectivity index (χ1v) is 10.2. The van der Waals surface area contributed by atoms with Gasteiger partial charge in [-0.1, -0.05) is 39.5 Å². The topological polar surface area (TPSA) is 50.1 Å². The first-order valence-electron chi connectivity index (χ1n) is 10.2. The molecule has 0 aromatic carbocycles. The number of carbonyl (C=O) groups excluding carboxylic acids is 1. The molecule has 0 saturated heterocycles. The van der Waals surface area contributed by atoms with Gasteiger partial charge in [-0.2, -0.15) is 5.26 Å². The Morgan fingerprint density at radius 2 is 1.75 bits per heavy atom. The van der Waals surface area contributed by atoms with Crippen LogP contribution in [0.5, 0.6) is 0 Å². The molecule has 2 rings (SSSR count). The average Bonchev–Trinajstić information content (AvgIpc) is 2.62. The highest BCUT2D eigenvalue weighted by molar-refractivity contribution is 5.72. The normalized spacial score (nSPS) is 33.6. The standard InChI is InChI=1S/C21H35NO2/c1-3-5-6-17-7-9-19(10-8-17)24-20(23)18-11-14-21(16-22,13-4-2)15-12-18/h17-19H,3-15H2,1-2H3. The van der Waals surface area contributed by atoms with Gasteiger partial charge < -0.3 is 4.74 Å². The molecule has 0 aromatic heterocycles. The lowest BCUT2D eigenvalue weighted by Gasteiger charge is -2.35. The van der Waals surface area contributed by atoms with E-state index in [4.69, 9.17) is 4.74 Å². The van der Waals surface area contributed by atoms with Crippen LogP contribution in [0.2, 0.25) is 0 Å². The van der Waals surface area contributed by atoms with Gasteiger partial charge in [-0.05, 0) is 63.7 Å². The van der Waals surface area contributed by atoms with Crippen LogP contribution in [0, 0.1) is 28.6 Å². The van der Waals surface area contributed by atoms with Gasteiger partial charge in [0.25, 0.3) is 0 Å². The average molecular weight is 334 g/mol. The van der Waals surface area contributed by atoms with Crippen LogP contribution in [0.25, 0.3) is 0 Å². The fraction of sp³-hybridized carbons (Fsp3) is 0.905. The van der Waals surface area contributed by atoms with Crippen molar-refractivity contribution in [3.63, 3.8) is 0 Å². The fourth-order valence-corrected chi connectivity index (χ4v) is 4.59. The van der Waals surface area contributed by atoms with Gasteiger partial charge >= 0.3 is 5.97 Å². The van der Waals surface area contributed by atoms with Gasteiger partial charge in [0.2, 0.25) is 0 Å².